The molecule has 0 radical (unpaired) electrons. The lowest BCUT2D eigenvalue weighted by Gasteiger charge is -2.11. The maximum absolute atomic E-state index is 12.6. The number of fused-ring (bicyclic) bond motifs is 1. The van der Waals surface area contributed by atoms with Crippen LogP contribution in [0.2, 0.25) is 0 Å². The van der Waals surface area contributed by atoms with Gasteiger partial charge in [-0.15, -0.1) is 0 Å². The summed E-state index contributed by atoms with van der Waals surface area (Å²) in [5.41, 5.74) is 22.4. The zero-order valence-electron chi connectivity index (χ0n) is 24.7. The van der Waals surface area contributed by atoms with Gasteiger partial charge in [0, 0.05) is 25.5 Å². The van der Waals surface area contributed by atoms with Crippen molar-refractivity contribution in [2.45, 2.75) is 57.8 Å². The summed E-state index contributed by atoms with van der Waals surface area (Å²) in [5.74, 6) is 0.800. The third kappa shape index (κ3) is 9.03. The van der Waals surface area contributed by atoms with E-state index in [9.17, 15) is 9.59 Å². The Bertz CT molecular complexity index is 1740. The van der Waals surface area contributed by atoms with Gasteiger partial charge in [-0.05, 0) is 47.6 Å². The van der Waals surface area contributed by atoms with Crippen LogP contribution in [0.15, 0.2) is 67.1 Å². The van der Waals surface area contributed by atoms with Crippen molar-refractivity contribution in [1.82, 2.24) is 29.9 Å². The number of carbonyl (C=O) groups excluding carboxylic acids is 2. The molecule has 0 amide bonds. The molecule has 0 aliphatic carbocycles. The molecule has 0 bridgehead atoms. The standard InChI is InChI=1S/C32H35N9O4/c33-25(26(43)14-10-21-3-7-23(8-4-21)18-45-32-36-16-15-27(34)39-32)13-12-24(42)11-9-20-1-5-22(6-2-20)17-44-30-28-29(38-19-37-28)40-31(35)41-30/h1-8,15-16,19,25H,9-14,17-18,33H2,(H2,34,36,39)(H3,35,37,38,40,41). The quantitative estimate of drug-likeness (QED) is 0.127. The minimum Gasteiger partial charge on any atom is -0.471 e. The third-order valence-electron chi connectivity index (χ3n) is 7.21. The van der Waals surface area contributed by atoms with Crippen LogP contribution in [0.25, 0.3) is 11.2 Å². The van der Waals surface area contributed by atoms with E-state index in [2.05, 4.69) is 29.9 Å². The smallest absolute Gasteiger partial charge is 0.318 e. The molecule has 5 rings (SSSR count). The SMILES string of the molecule is Nc1ccnc(OCc2ccc(CCC(=O)C(N)CCC(=O)CCc3ccc(COc4nc(N)nc5nc[nH]c45)cc3)cc2)n1. The van der Waals surface area contributed by atoms with E-state index in [1.54, 1.807) is 6.07 Å². The maximum atomic E-state index is 12.6. The largest absolute Gasteiger partial charge is 0.471 e. The number of aromatic amines is 1. The number of imidazole rings is 1. The average molecular weight is 610 g/mol. The molecule has 45 heavy (non-hydrogen) atoms. The highest BCUT2D eigenvalue weighted by Crippen LogP contribution is 2.21. The van der Waals surface area contributed by atoms with Crippen molar-refractivity contribution < 1.29 is 19.1 Å². The summed E-state index contributed by atoms with van der Waals surface area (Å²) in [6.45, 7) is 0.593. The van der Waals surface area contributed by atoms with Gasteiger partial charge < -0.3 is 31.7 Å². The molecule has 3 aromatic heterocycles. The predicted octanol–water partition coefficient (Wildman–Crippen LogP) is 3.28. The first-order valence-electron chi connectivity index (χ1n) is 14.6. The first kappa shape index (κ1) is 31.0. The van der Waals surface area contributed by atoms with E-state index in [-0.39, 0.29) is 36.6 Å². The number of nitrogens with zero attached hydrogens (tertiary/aromatic N) is 5. The third-order valence-corrected chi connectivity index (χ3v) is 7.21. The fraction of sp³-hybridized carbons (Fsp3) is 0.281. The number of rotatable bonds is 16. The summed E-state index contributed by atoms with van der Waals surface area (Å²) in [4.78, 5) is 48.3. The topological polar surface area (TPSA) is 211 Å². The van der Waals surface area contributed by atoms with E-state index in [4.69, 9.17) is 26.7 Å². The Morgan fingerprint density at radius 1 is 0.756 bits per heavy atom. The van der Waals surface area contributed by atoms with E-state index in [1.165, 1.54) is 12.5 Å². The maximum Gasteiger partial charge on any atom is 0.318 e. The molecule has 0 spiro atoms. The van der Waals surface area contributed by atoms with Crippen molar-refractivity contribution in [3.8, 4) is 11.9 Å². The van der Waals surface area contributed by atoms with E-state index in [1.807, 2.05) is 48.5 Å². The zero-order valence-corrected chi connectivity index (χ0v) is 24.7. The Balaban J connectivity index is 0.976. The second-order valence-corrected chi connectivity index (χ2v) is 10.6. The molecule has 0 saturated carbocycles. The molecule has 232 valence electrons. The zero-order chi connectivity index (χ0) is 31.6. The normalized spacial score (nSPS) is 11.8. The van der Waals surface area contributed by atoms with Gasteiger partial charge in [0.15, 0.2) is 5.65 Å². The summed E-state index contributed by atoms with van der Waals surface area (Å²) < 4.78 is 11.4. The Hall–Kier alpha value is -5.43. The Morgan fingerprint density at radius 3 is 2.09 bits per heavy atom. The number of H-pyrrole nitrogens is 1. The average Bonchev–Trinajstić information content (AvgIpc) is 3.52. The molecule has 0 aliphatic rings. The lowest BCUT2D eigenvalue weighted by molar-refractivity contribution is -0.121. The van der Waals surface area contributed by atoms with Gasteiger partial charge >= 0.3 is 6.01 Å². The number of nitrogens with one attached hydrogen (secondary N) is 1. The van der Waals surface area contributed by atoms with Crippen LogP contribution in [0.3, 0.4) is 0 Å². The molecule has 0 fully saturated rings. The van der Waals surface area contributed by atoms with Gasteiger partial charge in [-0.1, -0.05) is 48.5 Å². The molecule has 1 atom stereocenters. The van der Waals surface area contributed by atoms with Crippen molar-refractivity contribution >= 4 is 34.5 Å². The van der Waals surface area contributed by atoms with Crippen molar-refractivity contribution in [1.29, 1.82) is 0 Å². The van der Waals surface area contributed by atoms with Gasteiger partial charge in [0.1, 0.15) is 36.1 Å². The van der Waals surface area contributed by atoms with Gasteiger partial charge in [0.05, 0.1) is 12.4 Å². The van der Waals surface area contributed by atoms with Crippen molar-refractivity contribution in [2.75, 3.05) is 11.5 Å². The second-order valence-electron chi connectivity index (χ2n) is 10.6. The van der Waals surface area contributed by atoms with Crippen LogP contribution in [0, 0.1) is 0 Å². The molecule has 0 saturated heterocycles. The molecular weight excluding hydrogens is 574 g/mol. The van der Waals surface area contributed by atoms with Gasteiger partial charge in [-0.3, -0.25) is 9.59 Å². The van der Waals surface area contributed by atoms with E-state index < -0.39 is 6.04 Å². The monoisotopic (exact) mass is 609 g/mol. The number of benzene rings is 2. The van der Waals surface area contributed by atoms with Crippen molar-refractivity contribution in [2.24, 2.45) is 5.73 Å². The minimum atomic E-state index is -0.660. The second kappa shape index (κ2) is 14.8. The molecule has 1 unspecified atom stereocenters. The number of hydrogen-bond acceptors (Lipinski definition) is 12. The van der Waals surface area contributed by atoms with Gasteiger partial charge in [-0.2, -0.15) is 15.0 Å². The summed E-state index contributed by atoms with van der Waals surface area (Å²) >= 11 is 0. The van der Waals surface area contributed by atoms with E-state index in [0.717, 1.165) is 22.3 Å². The van der Waals surface area contributed by atoms with E-state index >= 15 is 0 Å². The van der Waals surface area contributed by atoms with Gasteiger partial charge in [0.25, 0.3) is 0 Å². The summed E-state index contributed by atoms with van der Waals surface area (Å²) in [5, 5.41) is 0. The lowest BCUT2D eigenvalue weighted by atomic mass is 9.98. The number of aryl methyl sites for hydroxylation is 2. The van der Waals surface area contributed by atoms with Crippen molar-refractivity contribution in [3.05, 3.63) is 89.4 Å². The summed E-state index contributed by atoms with van der Waals surface area (Å²) in [6, 6.07) is 16.7. The summed E-state index contributed by atoms with van der Waals surface area (Å²) in [6.07, 6.45) is 5.53. The van der Waals surface area contributed by atoms with Gasteiger partial charge in [0.2, 0.25) is 11.8 Å². The number of nitrogen functional groups attached to an aromatic ring is 2. The van der Waals surface area contributed by atoms with Crippen LogP contribution in [0.1, 0.15) is 47.9 Å². The fourth-order valence-corrected chi connectivity index (χ4v) is 4.59. The fourth-order valence-electron chi connectivity index (χ4n) is 4.59. The van der Waals surface area contributed by atoms with Crippen LogP contribution in [0.4, 0.5) is 11.8 Å². The number of nitrogens with two attached hydrogens (primary N) is 3. The Kier molecular flexibility index (Phi) is 10.2. The minimum absolute atomic E-state index is 0.0512. The molecule has 13 heteroatoms. The molecule has 13 nitrogen and oxygen atoms in total. The van der Waals surface area contributed by atoms with E-state index in [0.29, 0.717) is 61.6 Å². The van der Waals surface area contributed by atoms with Crippen LogP contribution >= 0.6 is 0 Å². The number of ketones is 2. The van der Waals surface area contributed by atoms with Crippen LogP contribution in [-0.4, -0.2) is 47.5 Å². The molecular formula is C32H35N9O4. The molecule has 0 aliphatic heterocycles. The molecule has 3 heterocycles. The van der Waals surface area contributed by atoms with Crippen LogP contribution < -0.4 is 26.7 Å². The Morgan fingerprint density at radius 2 is 1.40 bits per heavy atom. The molecule has 5 aromatic rings. The van der Waals surface area contributed by atoms with Crippen LogP contribution in [0.5, 0.6) is 11.9 Å². The lowest BCUT2D eigenvalue weighted by Crippen LogP contribution is -2.31. The highest BCUT2D eigenvalue weighted by Gasteiger charge is 2.16. The highest BCUT2D eigenvalue weighted by molar-refractivity contribution is 5.85. The van der Waals surface area contributed by atoms with Gasteiger partial charge in [-0.25, -0.2) is 9.97 Å². The number of carbonyl (C=O) groups is 2. The Labute approximate surface area is 259 Å². The first-order chi connectivity index (χ1) is 21.8. The molecule has 7 N–H and O–H groups in total. The number of aromatic nitrogens is 6. The molecule has 2 aromatic carbocycles. The number of anilines is 2. The number of ether oxygens (including phenoxy) is 2. The van der Waals surface area contributed by atoms with Crippen molar-refractivity contribution in [3.63, 3.8) is 0 Å². The first-order valence-corrected chi connectivity index (χ1v) is 14.6. The highest BCUT2D eigenvalue weighted by atomic mass is 16.5. The predicted molar refractivity (Wildman–Crippen MR) is 168 cm³/mol. The summed E-state index contributed by atoms with van der Waals surface area (Å²) in [7, 11) is 0. The number of hydrogen-bond donors (Lipinski definition) is 4. The van der Waals surface area contributed by atoms with Crippen LogP contribution in [-0.2, 0) is 35.6 Å². The number of Topliss-reactive ketones (excluding diaryl/α,β-unsaturated/α-hetero) is 2.